The lowest BCUT2D eigenvalue weighted by atomic mass is 10.0. The van der Waals surface area contributed by atoms with Crippen LogP contribution in [0.2, 0.25) is 0 Å². The van der Waals surface area contributed by atoms with Gasteiger partial charge in [-0.2, -0.15) is 0 Å². The van der Waals surface area contributed by atoms with Gasteiger partial charge in [-0.25, -0.2) is 14.4 Å². The van der Waals surface area contributed by atoms with E-state index >= 15 is 0 Å². The van der Waals surface area contributed by atoms with E-state index in [9.17, 15) is 19.2 Å². The van der Waals surface area contributed by atoms with E-state index in [2.05, 4.69) is 17.9 Å². The average molecular weight is 531 g/mol. The van der Waals surface area contributed by atoms with Gasteiger partial charge in [0.15, 0.2) is 0 Å². The van der Waals surface area contributed by atoms with Gasteiger partial charge in [0.2, 0.25) is 0 Å². The van der Waals surface area contributed by atoms with Gasteiger partial charge in [-0.15, -0.1) is 0 Å². The van der Waals surface area contributed by atoms with Crippen molar-refractivity contribution in [1.82, 2.24) is 0 Å². The molecule has 0 radical (unpaired) electrons. The second-order valence-electron chi connectivity index (χ2n) is 7.93. The van der Waals surface area contributed by atoms with Crippen molar-refractivity contribution in [3.63, 3.8) is 0 Å². The van der Waals surface area contributed by atoms with Crippen molar-refractivity contribution in [2.45, 2.75) is 6.42 Å². The van der Waals surface area contributed by atoms with Crippen molar-refractivity contribution >= 4 is 23.9 Å². The van der Waals surface area contributed by atoms with Crippen LogP contribution in [0.5, 0.6) is 17.2 Å². The van der Waals surface area contributed by atoms with Crippen molar-refractivity contribution in [2.24, 2.45) is 0 Å². The van der Waals surface area contributed by atoms with Crippen molar-refractivity contribution in [3.8, 4) is 28.4 Å². The first-order valence-corrected chi connectivity index (χ1v) is 11.7. The maximum absolute atomic E-state index is 12.5. The molecular formula is C30H26O9. The molecule has 39 heavy (non-hydrogen) atoms. The van der Waals surface area contributed by atoms with Crippen LogP contribution in [0, 0.1) is 0 Å². The summed E-state index contributed by atoms with van der Waals surface area (Å²) in [5.41, 5.74) is 2.15. The van der Waals surface area contributed by atoms with Gasteiger partial charge < -0.3 is 23.7 Å². The Bertz CT molecular complexity index is 1340. The first-order valence-electron chi connectivity index (χ1n) is 11.7. The fourth-order valence-corrected chi connectivity index (χ4v) is 3.16. The van der Waals surface area contributed by atoms with Crippen molar-refractivity contribution < 1.29 is 42.9 Å². The lowest BCUT2D eigenvalue weighted by Gasteiger charge is -2.09. The molecular weight excluding hydrogens is 504 g/mol. The predicted octanol–water partition coefficient (Wildman–Crippen LogP) is 4.71. The minimum absolute atomic E-state index is 0.00731. The van der Waals surface area contributed by atoms with Gasteiger partial charge in [0.05, 0.1) is 19.1 Å². The molecule has 0 bridgehead atoms. The molecule has 0 heterocycles. The van der Waals surface area contributed by atoms with Gasteiger partial charge in [0, 0.05) is 11.6 Å². The number of ether oxygens (including phenoxy) is 5. The molecule has 3 aromatic carbocycles. The van der Waals surface area contributed by atoms with Crippen LogP contribution in [-0.2, 0) is 23.9 Å². The summed E-state index contributed by atoms with van der Waals surface area (Å²) in [4.78, 5) is 46.7. The minimum Gasteiger partial charge on any atom is -0.490 e. The highest BCUT2D eigenvalue weighted by molar-refractivity contribution is 5.93. The third-order valence-electron chi connectivity index (χ3n) is 5.19. The van der Waals surface area contributed by atoms with Crippen molar-refractivity contribution in [1.29, 1.82) is 0 Å². The summed E-state index contributed by atoms with van der Waals surface area (Å²) in [5, 5.41) is 0. The number of esters is 4. The molecule has 0 aromatic heterocycles. The molecule has 0 saturated carbocycles. The lowest BCUT2D eigenvalue weighted by molar-refractivity contribution is -0.144. The molecule has 0 spiro atoms. The molecule has 0 unspecified atom stereocenters. The molecule has 200 valence electrons. The third kappa shape index (κ3) is 8.71. The Balaban J connectivity index is 1.47. The molecule has 0 N–H and O–H groups in total. The van der Waals surface area contributed by atoms with E-state index in [1.54, 1.807) is 36.4 Å². The average Bonchev–Trinajstić information content (AvgIpc) is 2.96. The summed E-state index contributed by atoms with van der Waals surface area (Å²) in [6, 6.07) is 20.2. The Hall–Kier alpha value is -5.18. The summed E-state index contributed by atoms with van der Waals surface area (Å²) in [7, 11) is 1.22. The summed E-state index contributed by atoms with van der Waals surface area (Å²) in [6.45, 7) is 6.95. The molecule has 9 nitrogen and oxygen atoms in total. The third-order valence-corrected chi connectivity index (χ3v) is 5.19. The van der Waals surface area contributed by atoms with Gasteiger partial charge in [0.1, 0.15) is 30.5 Å². The smallest absolute Gasteiger partial charge is 0.343 e. The first-order chi connectivity index (χ1) is 18.8. The minimum atomic E-state index is -0.684. The Morgan fingerprint density at radius 3 is 1.85 bits per heavy atom. The quantitative estimate of drug-likeness (QED) is 0.142. The molecule has 0 saturated heterocycles. The Kier molecular flexibility index (Phi) is 10.2. The second kappa shape index (κ2) is 13.9. The van der Waals surface area contributed by atoms with E-state index in [0.29, 0.717) is 22.8 Å². The molecule has 0 fully saturated rings. The topological polar surface area (TPSA) is 114 Å². The van der Waals surface area contributed by atoms with E-state index in [1.165, 1.54) is 31.4 Å². The van der Waals surface area contributed by atoms with E-state index in [4.69, 9.17) is 18.9 Å². The van der Waals surface area contributed by atoms with Gasteiger partial charge in [-0.05, 0) is 59.7 Å². The van der Waals surface area contributed by atoms with Crippen molar-refractivity contribution in [3.05, 3.63) is 103 Å². The highest BCUT2D eigenvalue weighted by atomic mass is 16.6. The summed E-state index contributed by atoms with van der Waals surface area (Å²) >= 11 is 0. The zero-order valence-corrected chi connectivity index (χ0v) is 21.2. The van der Waals surface area contributed by atoms with Crippen LogP contribution >= 0.6 is 0 Å². The number of hydrogen-bond donors (Lipinski definition) is 0. The SMILES string of the molecule is C=CC(=O)Oc1ccc(OC(=O)c2ccc(-c3ccc(OCCOC(=O)C(=C)CC(=O)OC)cc3)cc2)cc1. The molecule has 0 atom stereocenters. The van der Waals surface area contributed by atoms with E-state index in [0.717, 1.165) is 17.2 Å². The molecule has 0 aliphatic carbocycles. The Labute approximate surface area is 225 Å². The first kappa shape index (κ1) is 28.4. The monoisotopic (exact) mass is 530 g/mol. The predicted molar refractivity (Wildman–Crippen MR) is 141 cm³/mol. The number of benzene rings is 3. The zero-order valence-electron chi connectivity index (χ0n) is 21.2. The fraction of sp³-hybridized carbons (Fsp3) is 0.133. The number of methoxy groups -OCH3 is 1. The van der Waals surface area contributed by atoms with Crippen LogP contribution in [-0.4, -0.2) is 44.2 Å². The van der Waals surface area contributed by atoms with Crippen LogP contribution < -0.4 is 14.2 Å². The number of carbonyl (C=O) groups excluding carboxylic acids is 4. The van der Waals surface area contributed by atoms with Gasteiger partial charge >= 0.3 is 23.9 Å². The summed E-state index contributed by atoms with van der Waals surface area (Å²) in [6.07, 6.45) is 0.822. The van der Waals surface area contributed by atoms with Crippen LogP contribution in [0.25, 0.3) is 11.1 Å². The number of carbonyl (C=O) groups is 4. The standard InChI is InChI=1S/C30H26O9/c1-4-27(31)38-25-13-15-26(16-14-25)39-30(34)23-7-5-21(6-8-23)22-9-11-24(12-10-22)36-17-18-37-29(33)20(2)19-28(32)35-3/h4-16H,1-2,17-19H2,3H3. The number of hydrogen-bond acceptors (Lipinski definition) is 9. The highest BCUT2D eigenvalue weighted by Gasteiger charge is 2.13. The van der Waals surface area contributed by atoms with E-state index in [-0.39, 0.29) is 25.2 Å². The molecule has 3 aromatic rings. The molecule has 3 rings (SSSR count). The van der Waals surface area contributed by atoms with Crippen LogP contribution in [0.3, 0.4) is 0 Å². The maximum Gasteiger partial charge on any atom is 0.343 e. The van der Waals surface area contributed by atoms with Gasteiger partial charge in [-0.3, -0.25) is 4.79 Å². The molecule has 0 aliphatic heterocycles. The van der Waals surface area contributed by atoms with Crippen LogP contribution in [0.1, 0.15) is 16.8 Å². The molecule has 0 aliphatic rings. The van der Waals surface area contributed by atoms with Crippen molar-refractivity contribution in [2.75, 3.05) is 20.3 Å². The van der Waals surface area contributed by atoms with Gasteiger partial charge in [0.25, 0.3) is 0 Å². The normalized spacial score (nSPS) is 10.1. The number of rotatable bonds is 12. The zero-order chi connectivity index (χ0) is 28.2. The fourth-order valence-electron chi connectivity index (χ4n) is 3.16. The maximum atomic E-state index is 12.5. The Morgan fingerprint density at radius 1 is 0.744 bits per heavy atom. The Morgan fingerprint density at radius 2 is 1.28 bits per heavy atom. The van der Waals surface area contributed by atoms with E-state index in [1.807, 2.05) is 12.1 Å². The molecule has 9 heteroatoms. The lowest BCUT2D eigenvalue weighted by Crippen LogP contribution is -2.15. The summed E-state index contributed by atoms with van der Waals surface area (Å²) in [5.74, 6) is -1.18. The largest absolute Gasteiger partial charge is 0.490 e. The molecule has 0 amide bonds. The summed E-state index contributed by atoms with van der Waals surface area (Å²) < 4.78 is 25.4. The van der Waals surface area contributed by atoms with E-state index < -0.39 is 23.9 Å². The van der Waals surface area contributed by atoms with Crippen LogP contribution in [0.15, 0.2) is 97.6 Å². The van der Waals surface area contributed by atoms with Gasteiger partial charge in [-0.1, -0.05) is 37.4 Å². The second-order valence-corrected chi connectivity index (χ2v) is 7.93. The van der Waals surface area contributed by atoms with Crippen LogP contribution in [0.4, 0.5) is 0 Å². The highest BCUT2D eigenvalue weighted by Crippen LogP contribution is 2.24.